The number of carbonyl (C=O) groups excluding carboxylic acids is 1. The number of nitrogens with one attached hydrogen (secondary N) is 1. The summed E-state index contributed by atoms with van der Waals surface area (Å²) in [6.07, 6.45) is 6.99. The molecule has 0 aliphatic carbocycles. The Kier molecular flexibility index (Phi) is 8.31. The first kappa shape index (κ1) is 24.8. The number of hydrogen-bond donors (Lipinski definition) is 1. The van der Waals surface area contributed by atoms with Gasteiger partial charge in [-0.2, -0.15) is 0 Å². The van der Waals surface area contributed by atoms with Gasteiger partial charge in [0, 0.05) is 6.54 Å². The first-order valence-electron chi connectivity index (χ1n) is 13.2. The first-order valence-corrected chi connectivity index (χ1v) is 13.2. The van der Waals surface area contributed by atoms with Crippen LogP contribution in [0.4, 0.5) is 0 Å². The van der Waals surface area contributed by atoms with Crippen LogP contribution in [0.5, 0.6) is 5.75 Å². The van der Waals surface area contributed by atoms with Gasteiger partial charge in [0.2, 0.25) is 5.91 Å². The van der Waals surface area contributed by atoms with Gasteiger partial charge in [-0.1, -0.05) is 62.7 Å². The predicted octanol–water partition coefficient (Wildman–Crippen LogP) is 5.91. The third-order valence-corrected chi connectivity index (χ3v) is 7.81. The highest BCUT2D eigenvalue weighted by Crippen LogP contribution is 2.38. The van der Waals surface area contributed by atoms with E-state index >= 15 is 0 Å². The molecule has 1 amide bonds. The van der Waals surface area contributed by atoms with Gasteiger partial charge in [0.05, 0.1) is 11.5 Å². The molecule has 1 fully saturated rings. The molecule has 0 radical (unpaired) electrons. The largest absolute Gasteiger partial charge is 0.491 e. The van der Waals surface area contributed by atoms with Crippen LogP contribution in [-0.4, -0.2) is 36.5 Å². The maximum absolute atomic E-state index is 13.8. The van der Waals surface area contributed by atoms with Gasteiger partial charge >= 0.3 is 0 Å². The van der Waals surface area contributed by atoms with E-state index in [1.54, 1.807) is 0 Å². The fraction of sp³-hybridized carbons (Fsp3) is 0.567. The van der Waals surface area contributed by atoms with E-state index in [0.29, 0.717) is 12.5 Å². The number of carbonyl (C=O) groups is 1. The van der Waals surface area contributed by atoms with Gasteiger partial charge in [-0.25, -0.2) is 0 Å². The summed E-state index contributed by atoms with van der Waals surface area (Å²) in [4.78, 5) is 16.3. The van der Waals surface area contributed by atoms with Crippen LogP contribution in [0.15, 0.2) is 48.5 Å². The Bertz CT molecular complexity index is 946. The van der Waals surface area contributed by atoms with Crippen molar-refractivity contribution < 1.29 is 9.53 Å². The van der Waals surface area contributed by atoms with Crippen LogP contribution in [-0.2, 0) is 17.8 Å². The molecule has 1 N–H and O–H groups in total. The molecule has 2 aliphatic heterocycles. The van der Waals surface area contributed by atoms with Gasteiger partial charge in [-0.3, -0.25) is 9.69 Å². The van der Waals surface area contributed by atoms with Gasteiger partial charge in [-0.05, 0) is 87.2 Å². The highest BCUT2D eigenvalue weighted by molar-refractivity contribution is 5.83. The smallest absolute Gasteiger partial charge is 0.226 e. The number of aryl methyl sites for hydroxylation is 2. The molecular weight excluding hydrogens is 420 g/mol. The van der Waals surface area contributed by atoms with Gasteiger partial charge in [0.1, 0.15) is 12.4 Å². The maximum Gasteiger partial charge on any atom is 0.226 e. The van der Waals surface area contributed by atoms with E-state index in [1.807, 2.05) is 6.07 Å². The monoisotopic (exact) mass is 462 g/mol. The number of nitrogens with zero attached hydrogens (tertiary/aromatic N) is 1. The molecule has 2 aromatic rings. The van der Waals surface area contributed by atoms with Crippen molar-refractivity contribution in [3.05, 3.63) is 65.2 Å². The number of benzene rings is 2. The molecule has 4 rings (SSSR count). The SMILES string of the molecule is Cc1ccccc1CN1CCC2(CCCCc3ccccc3OC[C@H](CC(C)C)NC2=O)CC1. The molecule has 0 unspecified atom stereocenters. The molecule has 1 atom stereocenters. The first-order chi connectivity index (χ1) is 16.4. The Morgan fingerprint density at radius 2 is 1.76 bits per heavy atom. The van der Waals surface area contributed by atoms with Crippen molar-refractivity contribution in [2.75, 3.05) is 19.7 Å². The zero-order chi connectivity index (χ0) is 24.0. The average Bonchev–Trinajstić information content (AvgIpc) is 2.82. The number of likely N-dealkylation sites (tertiary alicyclic amines) is 1. The van der Waals surface area contributed by atoms with E-state index in [2.05, 4.69) is 73.5 Å². The normalized spacial score (nSPS) is 21.8. The van der Waals surface area contributed by atoms with Crippen LogP contribution >= 0.6 is 0 Å². The molecule has 2 heterocycles. The molecular formula is C30H42N2O2. The second kappa shape index (κ2) is 11.4. The van der Waals surface area contributed by atoms with Gasteiger partial charge in [-0.15, -0.1) is 0 Å². The number of ether oxygens (including phenoxy) is 1. The van der Waals surface area contributed by atoms with Crippen molar-refractivity contribution in [3.8, 4) is 5.75 Å². The third kappa shape index (κ3) is 6.21. The molecule has 2 aromatic carbocycles. The van der Waals surface area contributed by atoms with Gasteiger partial charge in [0.15, 0.2) is 0 Å². The van der Waals surface area contributed by atoms with E-state index in [-0.39, 0.29) is 17.4 Å². The number of para-hydroxylation sites is 1. The highest BCUT2D eigenvalue weighted by atomic mass is 16.5. The summed E-state index contributed by atoms with van der Waals surface area (Å²) in [5, 5.41) is 3.45. The van der Waals surface area contributed by atoms with E-state index in [0.717, 1.165) is 70.3 Å². The van der Waals surface area contributed by atoms with Crippen LogP contribution < -0.4 is 10.1 Å². The topological polar surface area (TPSA) is 41.6 Å². The van der Waals surface area contributed by atoms with Gasteiger partial charge < -0.3 is 10.1 Å². The van der Waals surface area contributed by atoms with Crippen LogP contribution in [0, 0.1) is 18.3 Å². The molecule has 4 heteroatoms. The number of hydrogen-bond acceptors (Lipinski definition) is 3. The number of amides is 1. The molecule has 34 heavy (non-hydrogen) atoms. The average molecular weight is 463 g/mol. The molecule has 1 saturated heterocycles. The second-order valence-electron chi connectivity index (χ2n) is 10.9. The molecule has 1 spiro atoms. The third-order valence-electron chi connectivity index (χ3n) is 7.81. The summed E-state index contributed by atoms with van der Waals surface area (Å²) in [5.74, 6) is 1.74. The fourth-order valence-corrected chi connectivity index (χ4v) is 5.65. The lowest BCUT2D eigenvalue weighted by molar-refractivity contribution is -0.136. The summed E-state index contributed by atoms with van der Waals surface area (Å²) in [7, 11) is 0. The van der Waals surface area contributed by atoms with E-state index in [4.69, 9.17) is 4.74 Å². The summed E-state index contributed by atoms with van der Waals surface area (Å²) >= 11 is 0. The van der Waals surface area contributed by atoms with E-state index in [1.165, 1.54) is 16.7 Å². The Hall–Kier alpha value is -2.33. The second-order valence-corrected chi connectivity index (χ2v) is 10.9. The molecule has 0 saturated carbocycles. The van der Waals surface area contributed by atoms with E-state index in [9.17, 15) is 4.79 Å². The Balaban J connectivity index is 1.47. The summed E-state index contributed by atoms with van der Waals surface area (Å²) in [6.45, 7) is 10.1. The van der Waals surface area contributed by atoms with Crippen molar-refractivity contribution in [1.29, 1.82) is 0 Å². The maximum atomic E-state index is 13.8. The Labute approximate surface area is 206 Å². The molecule has 2 aliphatic rings. The number of fused-ring (bicyclic) bond motifs is 1. The summed E-state index contributed by atoms with van der Waals surface area (Å²) in [6, 6.07) is 17.1. The fourth-order valence-electron chi connectivity index (χ4n) is 5.65. The zero-order valence-corrected chi connectivity index (χ0v) is 21.3. The van der Waals surface area contributed by atoms with Crippen LogP contribution in [0.1, 0.15) is 69.1 Å². The number of piperidine rings is 1. The summed E-state index contributed by atoms with van der Waals surface area (Å²) < 4.78 is 6.27. The lowest BCUT2D eigenvalue weighted by Crippen LogP contribution is -2.52. The lowest BCUT2D eigenvalue weighted by atomic mass is 9.73. The predicted molar refractivity (Wildman–Crippen MR) is 139 cm³/mol. The van der Waals surface area contributed by atoms with Crippen LogP contribution in [0.25, 0.3) is 0 Å². The van der Waals surface area contributed by atoms with Crippen molar-refractivity contribution in [1.82, 2.24) is 10.2 Å². The van der Waals surface area contributed by atoms with Crippen LogP contribution in [0.2, 0.25) is 0 Å². The van der Waals surface area contributed by atoms with E-state index < -0.39 is 0 Å². The summed E-state index contributed by atoms with van der Waals surface area (Å²) in [5.41, 5.74) is 3.79. The molecule has 0 bridgehead atoms. The number of rotatable bonds is 4. The van der Waals surface area contributed by atoms with Crippen molar-refractivity contribution in [2.24, 2.45) is 11.3 Å². The molecule has 0 aromatic heterocycles. The van der Waals surface area contributed by atoms with Crippen molar-refractivity contribution >= 4 is 5.91 Å². The Morgan fingerprint density at radius 1 is 1.03 bits per heavy atom. The molecule has 4 nitrogen and oxygen atoms in total. The van der Waals surface area contributed by atoms with Gasteiger partial charge in [0.25, 0.3) is 0 Å². The zero-order valence-electron chi connectivity index (χ0n) is 21.3. The quantitative estimate of drug-likeness (QED) is 0.614. The minimum absolute atomic E-state index is 0.0434. The minimum Gasteiger partial charge on any atom is -0.491 e. The standard InChI is InChI=1S/C30H42N2O2/c1-23(2)20-27-22-34-28-14-7-6-11-25(28)12-8-9-15-30(29(33)31-27)16-18-32(19-17-30)21-26-13-5-4-10-24(26)3/h4-7,10-11,13-14,23,27H,8-9,12,15-22H2,1-3H3,(H,31,33)/t27-/m0/s1. The lowest BCUT2D eigenvalue weighted by Gasteiger charge is -2.42. The van der Waals surface area contributed by atoms with Crippen LogP contribution in [0.3, 0.4) is 0 Å². The molecule has 184 valence electrons. The van der Waals surface area contributed by atoms with Crippen molar-refractivity contribution in [2.45, 2.75) is 78.3 Å². The minimum atomic E-state index is -0.254. The Morgan fingerprint density at radius 3 is 2.53 bits per heavy atom. The van der Waals surface area contributed by atoms with Crippen molar-refractivity contribution in [3.63, 3.8) is 0 Å². The highest BCUT2D eigenvalue weighted by Gasteiger charge is 2.41.